The van der Waals surface area contributed by atoms with Gasteiger partial charge in [0.2, 0.25) is 0 Å². The quantitative estimate of drug-likeness (QED) is 0.562. The van der Waals surface area contributed by atoms with Gasteiger partial charge in [-0.3, -0.25) is 15.5 Å². The highest BCUT2D eigenvalue weighted by atomic mass is 35.5. The van der Waals surface area contributed by atoms with Gasteiger partial charge in [0.15, 0.2) is 0 Å². The topological polar surface area (TPSA) is 74.9 Å². The Morgan fingerprint density at radius 2 is 1.96 bits per heavy atom. The molecule has 4 aliphatic heterocycles. The lowest BCUT2D eigenvalue weighted by Gasteiger charge is -2.44. The molecule has 4 fully saturated rings. The number of halogens is 1. The zero-order valence-electron chi connectivity index (χ0n) is 14.2. The molecule has 4 aliphatic rings. The maximum Gasteiger partial charge on any atom is 0.320 e. The predicted octanol–water partition coefficient (Wildman–Crippen LogP) is 0.925. The van der Waals surface area contributed by atoms with E-state index in [2.05, 4.69) is 29.8 Å². The molecular formula is C16H27ClN4O3. The molecule has 4 saturated heterocycles. The lowest BCUT2D eigenvalue weighted by Crippen LogP contribution is -2.65. The number of alkyl halides is 1. The van der Waals surface area contributed by atoms with E-state index >= 15 is 0 Å². The van der Waals surface area contributed by atoms with Gasteiger partial charge < -0.3 is 14.8 Å². The number of carbonyl (C=O) groups excluding carboxylic acids is 1. The highest BCUT2D eigenvalue weighted by Crippen LogP contribution is 2.32. The Morgan fingerprint density at radius 1 is 1.17 bits per heavy atom. The minimum Gasteiger partial charge on any atom is -0.373 e. The first-order chi connectivity index (χ1) is 11.5. The third kappa shape index (κ3) is 3.01. The summed E-state index contributed by atoms with van der Waals surface area (Å²) in [5.74, 6) is 0. The van der Waals surface area contributed by atoms with Crippen LogP contribution in [0.2, 0.25) is 0 Å². The molecule has 3 N–H and O–H groups in total. The zero-order valence-corrected chi connectivity index (χ0v) is 15.0. The maximum atomic E-state index is 12.7. The van der Waals surface area contributed by atoms with E-state index < -0.39 is 0 Å². The van der Waals surface area contributed by atoms with Gasteiger partial charge in [-0.25, -0.2) is 4.79 Å². The van der Waals surface area contributed by atoms with Crippen LogP contribution in [0.25, 0.3) is 0 Å². The van der Waals surface area contributed by atoms with E-state index in [9.17, 15) is 4.79 Å². The predicted molar refractivity (Wildman–Crippen MR) is 89.7 cm³/mol. The first-order valence-electron chi connectivity index (χ1n) is 9.06. The third-order valence-electron chi connectivity index (χ3n) is 5.52. The molecule has 0 radical (unpaired) electrons. The van der Waals surface area contributed by atoms with Crippen LogP contribution in [0.15, 0.2) is 0 Å². The summed E-state index contributed by atoms with van der Waals surface area (Å²) in [4.78, 5) is 14.5. The first kappa shape index (κ1) is 16.8. The second-order valence-electron chi connectivity index (χ2n) is 7.43. The van der Waals surface area contributed by atoms with E-state index in [1.54, 1.807) is 0 Å². The highest BCUT2D eigenvalue weighted by molar-refractivity contribution is 6.21. The number of fused-ring (bicyclic) bond motifs is 3. The van der Waals surface area contributed by atoms with Crippen molar-refractivity contribution in [2.24, 2.45) is 0 Å². The van der Waals surface area contributed by atoms with Crippen LogP contribution < -0.4 is 16.0 Å². The molecule has 0 aromatic heterocycles. The average molecular weight is 359 g/mol. The van der Waals surface area contributed by atoms with Crippen molar-refractivity contribution < 1.29 is 14.3 Å². The van der Waals surface area contributed by atoms with Crippen molar-refractivity contribution >= 4 is 17.6 Å². The molecule has 0 spiro atoms. The Bertz CT molecular complexity index is 496. The van der Waals surface area contributed by atoms with Gasteiger partial charge >= 0.3 is 6.03 Å². The van der Waals surface area contributed by atoms with Crippen LogP contribution in [0, 0.1) is 0 Å². The Balaban J connectivity index is 1.67. The first-order valence-corrected chi connectivity index (χ1v) is 9.50. The molecule has 2 bridgehead atoms. The molecule has 24 heavy (non-hydrogen) atoms. The Labute approximate surface area is 147 Å². The molecule has 8 heteroatoms. The van der Waals surface area contributed by atoms with Crippen molar-refractivity contribution in [3.63, 3.8) is 0 Å². The number of ether oxygens (including phenoxy) is 2. The number of amides is 2. The van der Waals surface area contributed by atoms with Gasteiger partial charge in [0.05, 0.1) is 29.7 Å². The standard InChI is InChI=1S/C16H27ClN4O3/c1-8-7-9(2)24-12-4-3-10(17)15(19-12)21-13-11(23-8)5-6-18-14(13)20-16(21)22/h8-15,18-19H,3-7H2,1-2H3,(H,20,22)/t8-,9+,10?,11?,12?,13?,14?,15?/m1/s1. The molecule has 2 amide bonds. The van der Waals surface area contributed by atoms with Crippen LogP contribution in [-0.4, -0.2) is 65.8 Å². The van der Waals surface area contributed by atoms with Crippen molar-refractivity contribution in [3.05, 3.63) is 0 Å². The second kappa shape index (κ2) is 6.61. The summed E-state index contributed by atoms with van der Waals surface area (Å²) in [6, 6.07) is -0.142. The number of piperidine rings is 2. The largest absolute Gasteiger partial charge is 0.373 e. The smallest absolute Gasteiger partial charge is 0.320 e. The van der Waals surface area contributed by atoms with E-state index in [1.165, 1.54) is 0 Å². The molecule has 0 aromatic rings. The van der Waals surface area contributed by atoms with Crippen LogP contribution in [0.5, 0.6) is 0 Å². The number of rotatable bonds is 0. The van der Waals surface area contributed by atoms with Crippen LogP contribution in [0.1, 0.15) is 39.5 Å². The molecule has 7 nitrogen and oxygen atoms in total. The Kier molecular flexibility index (Phi) is 4.64. The van der Waals surface area contributed by atoms with Crippen molar-refractivity contribution in [3.8, 4) is 0 Å². The lowest BCUT2D eigenvalue weighted by atomic mass is 9.98. The molecule has 0 aromatic carbocycles. The van der Waals surface area contributed by atoms with E-state index in [0.717, 1.165) is 32.2 Å². The van der Waals surface area contributed by atoms with Crippen molar-refractivity contribution in [1.82, 2.24) is 20.9 Å². The second-order valence-corrected chi connectivity index (χ2v) is 7.99. The van der Waals surface area contributed by atoms with Crippen LogP contribution >= 0.6 is 11.6 Å². The van der Waals surface area contributed by atoms with E-state index in [1.807, 2.05) is 4.90 Å². The van der Waals surface area contributed by atoms with Gasteiger partial charge in [-0.05, 0) is 46.1 Å². The summed E-state index contributed by atoms with van der Waals surface area (Å²) in [6.45, 7) is 5.01. The van der Waals surface area contributed by atoms with Crippen LogP contribution in [-0.2, 0) is 9.47 Å². The molecule has 4 heterocycles. The van der Waals surface area contributed by atoms with E-state index in [-0.39, 0.29) is 54.3 Å². The highest BCUT2D eigenvalue weighted by Gasteiger charge is 2.52. The number of nitrogens with one attached hydrogen (secondary N) is 3. The van der Waals surface area contributed by atoms with Gasteiger partial charge in [0.25, 0.3) is 0 Å². The zero-order chi connectivity index (χ0) is 16.8. The van der Waals surface area contributed by atoms with Crippen LogP contribution in [0.4, 0.5) is 4.79 Å². The average Bonchev–Trinajstić information content (AvgIpc) is 2.84. The molecule has 0 saturated carbocycles. The summed E-state index contributed by atoms with van der Waals surface area (Å²) < 4.78 is 12.5. The third-order valence-corrected chi connectivity index (χ3v) is 5.98. The fourth-order valence-corrected chi connectivity index (χ4v) is 4.85. The summed E-state index contributed by atoms with van der Waals surface area (Å²) in [6.07, 6.45) is 3.19. The van der Waals surface area contributed by atoms with Crippen molar-refractivity contribution in [1.29, 1.82) is 0 Å². The molecule has 8 atom stereocenters. The number of urea groups is 1. The van der Waals surface area contributed by atoms with Gasteiger partial charge in [-0.15, -0.1) is 11.6 Å². The number of carbonyl (C=O) groups is 1. The van der Waals surface area contributed by atoms with Gasteiger partial charge in [0, 0.05) is 0 Å². The minimum atomic E-state index is -0.243. The normalized spacial score (nSPS) is 49.1. The van der Waals surface area contributed by atoms with Gasteiger partial charge in [-0.2, -0.15) is 0 Å². The summed E-state index contributed by atoms with van der Waals surface area (Å²) in [5, 5.41) is 9.77. The van der Waals surface area contributed by atoms with E-state index in [4.69, 9.17) is 21.1 Å². The van der Waals surface area contributed by atoms with Gasteiger partial charge in [0.1, 0.15) is 18.6 Å². The Hall–Kier alpha value is -0.600. The molecule has 136 valence electrons. The van der Waals surface area contributed by atoms with Gasteiger partial charge in [-0.1, -0.05) is 0 Å². The van der Waals surface area contributed by atoms with Crippen molar-refractivity contribution in [2.75, 3.05) is 6.54 Å². The van der Waals surface area contributed by atoms with Crippen LogP contribution in [0.3, 0.4) is 0 Å². The maximum absolute atomic E-state index is 12.7. The molecule has 6 unspecified atom stereocenters. The molecule has 4 rings (SSSR count). The number of nitrogens with zero attached hydrogens (tertiary/aromatic N) is 1. The monoisotopic (exact) mass is 358 g/mol. The summed E-state index contributed by atoms with van der Waals surface area (Å²) in [7, 11) is 0. The number of hydrogen-bond donors (Lipinski definition) is 3. The fraction of sp³-hybridized carbons (Fsp3) is 0.938. The summed E-state index contributed by atoms with van der Waals surface area (Å²) in [5.41, 5.74) is 0. The number of hydrogen-bond acceptors (Lipinski definition) is 5. The molecular weight excluding hydrogens is 332 g/mol. The van der Waals surface area contributed by atoms with E-state index in [0.29, 0.717) is 0 Å². The lowest BCUT2D eigenvalue weighted by molar-refractivity contribution is -0.0795. The minimum absolute atomic E-state index is 0.00143. The summed E-state index contributed by atoms with van der Waals surface area (Å²) >= 11 is 6.60. The molecule has 0 aliphatic carbocycles. The fourth-order valence-electron chi connectivity index (χ4n) is 4.53. The Morgan fingerprint density at radius 3 is 2.79 bits per heavy atom. The van der Waals surface area contributed by atoms with Crippen molar-refractivity contribution in [2.45, 2.75) is 87.8 Å². The SMILES string of the molecule is C[C@@H]1C[C@H](C)OC2CCC(Cl)C(N2)N2C(=O)NC3NCCC(O1)C32.